The minimum absolute atomic E-state index is 0.185. The van der Waals surface area contributed by atoms with Gasteiger partial charge < -0.3 is 9.47 Å². The van der Waals surface area contributed by atoms with Gasteiger partial charge in [-0.3, -0.25) is 20.4 Å². The van der Waals surface area contributed by atoms with Gasteiger partial charge in [-0.1, -0.05) is 15.9 Å². The molecule has 0 heterocycles. The Bertz CT molecular complexity index is 494. The maximum Gasteiger partial charge on any atom is 0.273 e. The lowest BCUT2D eigenvalue weighted by Crippen LogP contribution is -2.42. The first-order chi connectivity index (χ1) is 10.1. The third kappa shape index (κ3) is 6.14. The molecule has 7 heteroatoms. The highest BCUT2D eigenvalue weighted by atomic mass is 79.9. The van der Waals surface area contributed by atoms with Crippen molar-refractivity contribution in [2.45, 2.75) is 20.3 Å². The first-order valence-electron chi connectivity index (χ1n) is 6.67. The molecular weight excluding hydrogens is 340 g/mol. The van der Waals surface area contributed by atoms with Gasteiger partial charge in [0.1, 0.15) is 5.75 Å². The van der Waals surface area contributed by atoms with Gasteiger partial charge in [-0.25, -0.2) is 0 Å². The van der Waals surface area contributed by atoms with Crippen molar-refractivity contribution in [1.29, 1.82) is 0 Å². The smallest absolute Gasteiger partial charge is 0.273 e. The van der Waals surface area contributed by atoms with Crippen molar-refractivity contribution >= 4 is 27.7 Å². The zero-order valence-electron chi connectivity index (χ0n) is 12.1. The van der Waals surface area contributed by atoms with Crippen molar-refractivity contribution in [3.05, 3.63) is 28.2 Å². The molecule has 0 aromatic heterocycles. The van der Waals surface area contributed by atoms with Crippen LogP contribution in [-0.2, 0) is 9.53 Å². The molecule has 0 saturated carbocycles. The molecule has 0 unspecified atom stereocenters. The number of benzene rings is 1. The number of hydrazine groups is 1. The SMILES string of the molecule is CCOCCC(=O)NNC(=O)c1cc(Br)ccc1OCC. The fourth-order valence-corrected chi connectivity index (χ4v) is 1.89. The standard InChI is InChI=1S/C14H19BrN2O4/c1-3-20-8-7-13(18)16-17-14(19)11-9-10(15)5-6-12(11)21-4-2/h5-6,9H,3-4,7-8H2,1-2H3,(H,16,18)(H,17,19). The Balaban J connectivity index is 2.58. The van der Waals surface area contributed by atoms with E-state index in [4.69, 9.17) is 9.47 Å². The Morgan fingerprint density at radius 2 is 1.95 bits per heavy atom. The minimum atomic E-state index is -0.440. The Hall–Kier alpha value is -1.60. The summed E-state index contributed by atoms with van der Waals surface area (Å²) in [6.07, 6.45) is 0.185. The lowest BCUT2D eigenvalue weighted by atomic mass is 10.2. The number of rotatable bonds is 7. The van der Waals surface area contributed by atoms with Crippen LogP contribution in [0.25, 0.3) is 0 Å². The fraction of sp³-hybridized carbons (Fsp3) is 0.429. The Morgan fingerprint density at radius 3 is 2.62 bits per heavy atom. The van der Waals surface area contributed by atoms with E-state index in [-0.39, 0.29) is 12.3 Å². The van der Waals surface area contributed by atoms with Crippen LogP contribution in [0.3, 0.4) is 0 Å². The second kappa shape index (κ2) is 9.36. The van der Waals surface area contributed by atoms with Gasteiger partial charge in [0.05, 0.1) is 25.2 Å². The van der Waals surface area contributed by atoms with Crippen molar-refractivity contribution in [1.82, 2.24) is 10.9 Å². The third-order valence-electron chi connectivity index (χ3n) is 2.48. The average Bonchev–Trinajstić information content (AvgIpc) is 2.47. The van der Waals surface area contributed by atoms with Gasteiger partial charge in [0.2, 0.25) is 5.91 Å². The van der Waals surface area contributed by atoms with Gasteiger partial charge in [0.25, 0.3) is 5.91 Å². The first kappa shape index (κ1) is 17.5. The molecule has 0 atom stereocenters. The first-order valence-corrected chi connectivity index (χ1v) is 7.47. The molecule has 21 heavy (non-hydrogen) atoms. The van der Waals surface area contributed by atoms with E-state index >= 15 is 0 Å². The largest absolute Gasteiger partial charge is 0.493 e. The van der Waals surface area contributed by atoms with E-state index in [1.54, 1.807) is 18.2 Å². The number of nitrogens with one attached hydrogen (secondary N) is 2. The number of halogens is 1. The minimum Gasteiger partial charge on any atom is -0.493 e. The van der Waals surface area contributed by atoms with Gasteiger partial charge in [0, 0.05) is 11.1 Å². The number of carbonyl (C=O) groups excluding carboxylic acids is 2. The third-order valence-corrected chi connectivity index (χ3v) is 2.97. The fourth-order valence-electron chi connectivity index (χ4n) is 1.53. The van der Waals surface area contributed by atoms with Gasteiger partial charge in [-0.2, -0.15) is 0 Å². The van der Waals surface area contributed by atoms with Crippen LogP contribution in [0.1, 0.15) is 30.6 Å². The van der Waals surface area contributed by atoms with Gasteiger partial charge in [-0.15, -0.1) is 0 Å². The lowest BCUT2D eigenvalue weighted by molar-refractivity contribution is -0.122. The number of hydrogen-bond donors (Lipinski definition) is 2. The molecule has 0 radical (unpaired) electrons. The quantitative estimate of drug-likeness (QED) is 0.577. The molecule has 0 fully saturated rings. The average molecular weight is 359 g/mol. The van der Waals surface area contributed by atoms with E-state index in [1.165, 1.54) is 0 Å². The van der Waals surface area contributed by atoms with Crippen molar-refractivity contribution in [3.63, 3.8) is 0 Å². The second-order valence-corrected chi connectivity index (χ2v) is 4.94. The monoisotopic (exact) mass is 358 g/mol. The van der Waals surface area contributed by atoms with Crippen LogP contribution in [0.5, 0.6) is 5.75 Å². The predicted molar refractivity (Wildman–Crippen MR) is 82.0 cm³/mol. The van der Waals surface area contributed by atoms with Crippen molar-refractivity contribution in [2.75, 3.05) is 19.8 Å². The van der Waals surface area contributed by atoms with Gasteiger partial charge in [-0.05, 0) is 32.0 Å². The number of hydrogen-bond acceptors (Lipinski definition) is 4. The molecule has 0 aliphatic rings. The number of carbonyl (C=O) groups is 2. The summed E-state index contributed by atoms with van der Waals surface area (Å²) < 4.78 is 11.2. The molecule has 1 aromatic rings. The van der Waals surface area contributed by atoms with Crippen LogP contribution in [0, 0.1) is 0 Å². The van der Waals surface area contributed by atoms with E-state index < -0.39 is 5.91 Å². The molecule has 1 rings (SSSR count). The van der Waals surface area contributed by atoms with Crippen molar-refractivity contribution in [2.24, 2.45) is 0 Å². The molecule has 2 amide bonds. The van der Waals surface area contributed by atoms with E-state index in [9.17, 15) is 9.59 Å². The molecule has 1 aromatic carbocycles. The topological polar surface area (TPSA) is 76.7 Å². The summed E-state index contributed by atoms with van der Waals surface area (Å²) in [7, 11) is 0. The molecule has 0 bridgehead atoms. The summed E-state index contributed by atoms with van der Waals surface area (Å²) in [5.41, 5.74) is 5.04. The highest BCUT2D eigenvalue weighted by Gasteiger charge is 2.14. The second-order valence-electron chi connectivity index (χ2n) is 4.02. The molecule has 0 spiro atoms. The normalized spacial score (nSPS) is 10.0. The van der Waals surface area contributed by atoms with Crippen molar-refractivity contribution in [3.8, 4) is 5.75 Å². The molecule has 0 aliphatic carbocycles. The van der Waals surface area contributed by atoms with E-state index in [0.717, 1.165) is 4.47 Å². The van der Waals surface area contributed by atoms with Crippen LogP contribution in [0.4, 0.5) is 0 Å². The summed E-state index contributed by atoms with van der Waals surface area (Å²) in [6.45, 7) is 5.00. The summed E-state index contributed by atoms with van der Waals surface area (Å²) in [5, 5.41) is 0. The molecule has 2 N–H and O–H groups in total. The zero-order chi connectivity index (χ0) is 15.7. The Kier molecular flexibility index (Phi) is 7.78. The van der Waals surface area contributed by atoms with E-state index in [2.05, 4.69) is 26.8 Å². The summed E-state index contributed by atoms with van der Waals surface area (Å²) >= 11 is 3.30. The predicted octanol–water partition coefficient (Wildman–Crippen LogP) is 2.04. The lowest BCUT2D eigenvalue weighted by Gasteiger charge is -2.11. The Morgan fingerprint density at radius 1 is 1.19 bits per heavy atom. The van der Waals surface area contributed by atoms with Crippen LogP contribution in [-0.4, -0.2) is 31.6 Å². The highest BCUT2D eigenvalue weighted by Crippen LogP contribution is 2.23. The molecule has 0 aliphatic heterocycles. The maximum absolute atomic E-state index is 12.1. The number of amides is 2. The van der Waals surface area contributed by atoms with Crippen LogP contribution in [0.2, 0.25) is 0 Å². The Labute approximate surface area is 132 Å². The van der Waals surface area contributed by atoms with E-state index in [1.807, 2.05) is 13.8 Å². The van der Waals surface area contributed by atoms with Crippen LogP contribution >= 0.6 is 15.9 Å². The van der Waals surface area contributed by atoms with Crippen LogP contribution < -0.4 is 15.6 Å². The van der Waals surface area contributed by atoms with Gasteiger partial charge in [0.15, 0.2) is 0 Å². The van der Waals surface area contributed by atoms with Crippen LogP contribution in [0.15, 0.2) is 22.7 Å². The molecule has 116 valence electrons. The van der Waals surface area contributed by atoms with E-state index in [0.29, 0.717) is 31.1 Å². The summed E-state index contributed by atoms with van der Waals surface area (Å²) in [4.78, 5) is 23.6. The van der Waals surface area contributed by atoms with Crippen molar-refractivity contribution < 1.29 is 19.1 Å². The number of ether oxygens (including phenoxy) is 2. The summed E-state index contributed by atoms with van der Waals surface area (Å²) in [6, 6.07) is 5.11. The van der Waals surface area contributed by atoms with Gasteiger partial charge >= 0.3 is 0 Å². The maximum atomic E-state index is 12.1. The molecule has 6 nitrogen and oxygen atoms in total. The highest BCUT2D eigenvalue weighted by molar-refractivity contribution is 9.10. The molecule has 0 saturated heterocycles. The zero-order valence-corrected chi connectivity index (χ0v) is 13.7. The summed E-state index contributed by atoms with van der Waals surface area (Å²) in [5.74, 6) is -0.295. The molecular formula is C14H19BrN2O4.